The summed E-state index contributed by atoms with van der Waals surface area (Å²) in [5.74, 6) is 4.01. The highest BCUT2D eigenvalue weighted by Crippen LogP contribution is 2.49. The maximum absolute atomic E-state index is 3.94. The molecular formula is C20H29N. The van der Waals surface area contributed by atoms with Crippen LogP contribution in [0.2, 0.25) is 0 Å². The van der Waals surface area contributed by atoms with Gasteiger partial charge >= 0.3 is 0 Å². The monoisotopic (exact) mass is 283 g/mol. The van der Waals surface area contributed by atoms with Crippen molar-refractivity contribution in [1.29, 1.82) is 0 Å². The van der Waals surface area contributed by atoms with Crippen LogP contribution >= 0.6 is 0 Å². The quantitative estimate of drug-likeness (QED) is 0.795. The molecule has 0 unspecified atom stereocenters. The van der Waals surface area contributed by atoms with Gasteiger partial charge in [0.1, 0.15) is 0 Å². The molecule has 0 amide bonds. The number of benzene rings is 1. The molecular weight excluding hydrogens is 254 g/mol. The van der Waals surface area contributed by atoms with Gasteiger partial charge in [-0.25, -0.2) is 0 Å². The van der Waals surface area contributed by atoms with E-state index in [4.69, 9.17) is 0 Å². The Hall–Kier alpha value is -0.820. The van der Waals surface area contributed by atoms with Crippen LogP contribution in [0.5, 0.6) is 0 Å². The van der Waals surface area contributed by atoms with Crippen molar-refractivity contribution in [2.45, 2.75) is 63.3 Å². The third-order valence-corrected chi connectivity index (χ3v) is 6.10. The van der Waals surface area contributed by atoms with Gasteiger partial charge in [0.05, 0.1) is 0 Å². The van der Waals surface area contributed by atoms with Crippen LogP contribution in [0.4, 0.5) is 0 Å². The molecule has 1 aromatic rings. The minimum Gasteiger partial charge on any atom is -0.314 e. The number of rotatable bonds is 6. The summed E-state index contributed by atoms with van der Waals surface area (Å²) in [7, 11) is 0. The first-order chi connectivity index (χ1) is 10.4. The lowest BCUT2D eigenvalue weighted by atomic mass is 9.81. The zero-order valence-electron chi connectivity index (χ0n) is 13.1. The van der Waals surface area contributed by atoms with Gasteiger partial charge < -0.3 is 5.32 Å². The third-order valence-electron chi connectivity index (χ3n) is 6.10. The van der Waals surface area contributed by atoms with Crippen LogP contribution in [0.1, 0.15) is 62.8 Å². The molecule has 1 aromatic carbocycles. The van der Waals surface area contributed by atoms with Crippen molar-refractivity contribution in [3.63, 3.8) is 0 Å². The second-order valence-electron chi connectivity index (χ2n) is 7.71. The minimum absolute atomic E-state index is 0.796. The fourth-order valence-electron chi connectivity index (χ4n) is 4.43. The Balaban J connectivity index is 1.24. The molecule has 114 valence electrons. The lowest BCUT2D eigenvalue weighted by Crippen LogP contribution is -2.37. The topological polar surface area (TPSA) is 12.0 Å². The molecule has 0 atom stereocenters. The molecule has 4 rings (SSSR count). The van der Waals surface area contributed by atoms with E-state index in [9.17, 15) is 0 Å². The summed E-state index contributed by atoms with van der Waals surface area (Å²) < 4.78 is 0. The van der Waals surface area contributed by atoms with Gasteiger partial charge in [0.15, 0.2) is 0 Å². The highest BCUT2D eigenvalue weighted by Gasteiger charge is 2.41. The van der Waals surface area contributed by atoms with E-state index < -0.39 is 0 Å². The van der Waals surface area contributed by atoms with Crippen LogP contribution in [0.3, 0.4) is 0 Å². The number of hydrogen-bond acceptors (Lipinski definition) is 1. The van der Waals surface area contributed by atoms with Gasteiger partial charge in [-0.1, -0.05) is 30.3 Å². The number of nitrogens with one attached hydrogen (secondary N) is 1. The smallest absolute Gasteiger partial charge is 0.00676 e. The SMILES string of the molecule is c1ccc(C2CCC(NCC(C3CC3)C3CC3)CC2)cc1. The lowest BCUT2D eigenvalue weighted by molar-refractivity contribution is 0.299. The van der Waals surface area contributed by atoms with E-state index in [0.29, 0.717) is 0 Å². The standard InChI is InChI=1S/C20H29N/c1-2-4-15(5-3-1)16-10-12-19(13-11-16)21-14-20(17-6-7-17)18-8-9-18/h1-5,16-21H,6-14H2. The zero-order chi connectivity index (χ0) is 14.1. The van der Waals surface area contributed by atoms with Gasteiger partial charge in [-0.05, 0) is 87.1 Å². The second-order valence-corrected chi connectivity index (χ2v) is 7.71. The van der Waals surface area contributed by atoms with Gasteiger partial charge in [0.25, 0.3) is 0 Å². The molecule has 0 aromatic heterocycles. The molecule has 0 aliphatic heterocycles. The molecule has 0 bridgehead atoms. The predicted molar refractivity (Wildman–Crippen MR) is 88.4 cm³/mol. The van der Waals surface area contributed by atoms with Crippen molar-refractivity contribution < 1.29 is 0 Å². The van der Waals surface area contributed by atoms with Crippen LogP contribution in [0.25, 0.3) is 0 Å². The van der Waals surface area contributed by atoms with Gasteiger partial charge in [-0.3, -0.25) is 0 Å². The zero-order valence-corrected chi connectivity index (χ0v) is 13.1. The minimum atomic E-state index is 0.796. The van der Waals surface area contributed by atoms with Crippen LogP contribution in [0.15, 0.2) is 30.3 Å². The van der Waals surface area contributed by atoms with Crippen molar-refractivity contribution in [3.05, 3.63) is 35.9 Å². The van der Waals surface area contributed by atoms with E-state index in [-0.39, 0.29) is 0 Å². The van der Waals surface area contributed by atoms with Crippen molar-refractivity contribution in [2.24, 2.45) is 17.8 Å². The van der Waals surface area contributed by atoms with Crippen LogP contribution in [-0.2, 0) is 0 Å². The average molecular weight is 283 g/mol. The Morgan fingerprint density at radius 1 is 0.810 bits per heavy atom. The first kappa shape index (κ1) is 13.8. The molecule has 1 N–H and O–H groups in total. The summed E-state index contributed by atoms with van der Waals surface area (Å²) in [4.78, 5) is 0. The van der Waals surface area contributed by atoms with E-state index >= 15 is 0 Å². The van der Waals surface area contributed by atoms with Gasteiger partial charge in [0, 0.05) is 6.04 Å². The third kappa shape index (κ3) is 3.51. The Labute approximate surface area is 129 Å². The van der Waals surface area contributed by atoms with E-state index in [0.717, 1.165) is 29.7 Å². The largest absolute Gasteiger partial charge is 0.314 e. The van der Waals surface area contributed by atoms with Crippen molar-refractivity contribution in [1.82, 2.24) is 5.32 Å². The molecule has 0 radical (unpaired) electrons. The number of hydrogen-bond donors (Lipinski definition) is 1. The highest BCUT2D eigenvalue weighted by molar-refractivity contribution is 5.20. The molecule has 0 heterocycles. The molecule has 0 saturated heterocycles. The molecule has 3 saturated carbocycles. The maximum atomic E-state index is 3.94. The second kappa shape index (κ2) is 6.12. The van der Waals surface area contributed by atoms with Crippen LogP contribution in [0, 0.1) is 17.8 Å². The summed E-state index contributed by atoms with van der Waals surface area (Å²) in [6, 6.07) is 11.9. The molecule has 3 fully saturated rings. The molecule has 1 nitrogen and oxygen atoms in total. The Morgan fingerprint density at radius 3 is 2.00 bits per heavy atom. The van der Waals surface area contributed by atoms with E-state index in [1.807, 2.05) is 0 Å². The summed E-state index contributed by atoms with van der Waals surface area (Å²) in [5, 5.41) is 3.94. The van der Waals surface area contributed by atoms with Gasteiger partial charge in [-0.15, -0.1) is 0 Å². The summed E-state index contributed by atoms with van der Waals surface area (Å²) in [5.41, 5.74) is 1.56. The molecule has 3 aliphatic carbocycles. The maximum Gasteiger partial charge on any atom is 0.00676 e. The Kier molecular flexibility index (Phi) is 4.03. The van der Waals surface area contributed by atoms with Gasteiger partial charge in [-0.2, -0.15) is 0 Å². The summed E-state index contributed by atoms with van der Waals surface area (Å²) in [6.45, 7) is 1.32. The van der Waals surface area contributed by atoms with E-state index in [2.05, 4.69) is 35.6 Å². The first-order valence-electron chi connectivity index (χ1n) is 9.18. The van der Waals surface area contributed by atoms with E-state index in [1.165, 1.54) is 57.9 Å². The Bertz CT molecular complexity index is 426. The predicted octanol–water partition coefficient (Wildman–Crippen LogP) is 4.74. The summed E-state index contributed by atoms with van der Waals surface area (Å²) in [6.07, 6.45) is 11.6. The van der Waals surface area contributed by atoms with Crippen molar-refractivity contribution in [3.8, 4) is 0 Å². The Morgan fingerprint density at radius 2 is 1.43 bits per heavy atom. The fraction of sp³-hybridized carbons (Fsp3) is 0.700. The fourth-order valence-corrected chi connectivity index (χ4v) is 4.43. The van der Waals surface area contributed by atoms with Crippen molar-refractivity contribution in [2.75, 3.05) is 6.54 Å². The molecule has 3 aliphatic rings. The van der Waals surface area contributed by atoms with Crippen LogP contribution < -0.4 is 5.32 Å². The molecule has 21 heavy (non-hydrogen) atoms. The van der Waals surface area contributed by atoms with Gasteiger partial charge in [0.2, 0.25) is 0 Å². The van der Waals surface area contributed by atoms with Crippen LogP contribution in [-0.4, -0.2) is 12.6 Å². The average Bonchev–Trinajstić information content (AvgIpc) is 3.43. The highest BCUT2D eigenvalue weighted by atomic mass is 14.9. The summed E-state index contributed by atoms with van der Waals surface area (Å²) >= 11 is 0. The molecule has 0 spiro atoms. The first-order valence-corrected chi connectivity index (χ1v) is 9.18. The van der Waals surface area contributed by atoms with E-state index in [1.54, 1.807) is 5.56 Å². The molecule has 1 heteroatoms. The van der Waals surface area contributed by atoms with Crippen molar-refractivity contribution >= 4 is 0 Å². The lowest BCUT2D eigenvalue weighted by Gasteiger charge is -2.31. The normalized spacial score (nSPS) is 29.8.